The molecule has 0 spiro atoms. The molecule has 1 fully saturated rings. The van der Waals surface area contributed by atoms with Crippen molar-refractivity contribution in [3.63, 3.8) is 0 Å². The number of aromatic nitrogens is 2. The van der Waals surface area contributed by atoms with Crippen LogP contribution in [0.4, 0.5) is 5.13 Å². The van der Waals surface area contributed by atoms with Crippen LogP contribution in [0.25, 0.3) is 0 Å². The summed E-state index contributed by atoms with van der Waals surface area (Å²) in [4.78, 5) is 12.2. The number of anilines is 1. The second kappa shape index (κ2) is 6.57. The second-order valence-corrected chi connectivity index (χ2v) is 8.92. The average molecular weight is 407 g/mol. The first kappa shape index (κ1) is 17.6. The number of hydrogen-bond acceptors (Lipinski definition) is 6. The molecule has 3 rings (SSSR count). The van der Waals surface area contributed by atoms with Gasteiger partial charge in [-0.2, -0.15) is 0 Å². The molecule has 0 saturated heterocycles. The lowest BCUT2D eigenvalue weighted by molar-refractivity contribution is 0.102. The van der Waals surface area contributed by atoms with E-state index < -0.39 is 15.9 Å². The fraction of sp³-hybridized carbons (Fsp3) is 0.308. The molecular weight excluding hydrogens is 395 g/mol. The number of sulfonamides is 1. The minimum Gasteiger partial charge on any atom is -0.296 e. The van der Waals surface area contributed by atoms with Crippen molar-refractivity contribution in [2.24, 2.45) is 0 Å². The quantitative estimate of drug-likeness (QED) is 0.794. The van der Waals surface area contributed by atoms with Crippen molar-refractivity contribution in [3.05, 3.63) is 32.7 Å². The Hall–Kier alpha value is -1.26. The number of carbonyl (C=O) groups excluding carboxylic acids is 1. The molecule has 1 saturated carbocycles. The number of amides is 1. The molecule has 0 bridgehead atoms. The highest BCUT2D eigenvalue weighted by molar-refractivity contribution is 7.89. The summed E-state index contributed by atoms with van der Waals surface area (Å²) in [6.07, 6.45) is 1.57. The Morgan fingerprint density at radius 2 is 1.96 bits per heavy atom. The smallest absolute Gasteiger partial charge is 0.259 e. The second-order valence-electron chi connectivity index (χ2n) is 5.24. The van der Waals surface area contributed by atoms with E-state index in [0.29, 0.717) is 10.1 Å². The molecule has 7 nitrogen and oxygen atoms in total. The van der Waals surface area contributed by atoms with E-state index in [-0.39, 0.29) is 26.5 Å². The first-order valence-electron chi connectivity index (χ1n) is 6.89. The lowest BCUT2D eigenvalue weighted by Crippen LogP contribution is -2.26. The lowest BCUT2D eigenvalue weighted by Gasteiger charge is -2.11. The summed E-state index contributed by atoms with van der Waals surface area (Å²) in [5.74, 6) is -0.587. The van der Waals surface area contributed by atoms with Crippen LogP contribution in [0.1, 0.15) is 28.2 Å². The van der Waals surface area contributed by atoms with Gasteiger partial charge in [0.1, 0.15) is 9.90 Å². The highest BCUT2D eigenvalue weighted by Gasteiger charge is 2.30. The minimum absolute atomic E-state index is 0.00917. The third-order valence-corrected chi connectivity index (χ3v) is 6.25. The van der Waals surface area contributed by atoms with E-state index in [2.05, 4.69) is 20.2 Å². The van der Waals surface area contributed by atoms with E-state index >= 15 is 0 Å². The molecule has 1 aliphatic rings. The normalized spacial score (nSPS) is 14.6. The molecule has 24 heavy (non-hydrogen) atoms. The molecule has 0 radical (unpaired) electrons. The van der Waals surface area contributed by atoms with Gasteiger partial charge in [-0.25, -0.2) is 13.1 Å². The molecule has 0 atom stereocenters. The van der Waals surface area contributed by atoms with Gasteiger partial charge in [0, 0.05) is 6.04 Å². The summed E-state index contributed by atoms with van der Waals surface area (Å²) < 4.78 is 27.2. The Bertz CT molecular complexity index is 910. The molecule has 1 amide bonds. The largest absolute Gasteiger partial charge is 0.296 e. The predicted molar refractivity (Wildman–Crippen MR) is 92.4 cm³/mol. The van der Waals surface area contributed by atoms with Gasteiger partial charge < -0.3 is 0 Å². The monoisotopic (exact) mass is 406 g/mol. The van der Waals surface area contributed by atoms with Gasteiger partial charge in [-0.3, -0.25) is 10.1 Å². The fourth-order valence-electron chi connectivity index (χ4n) is 1.90. The number of benzene rings is 1. The summed E-state index contributed by atoms with van der Waals surface area (Å²) in [7, 11) is -3.82. The van der Waals surface area contributed by atoms with E-state index in [4.69, 9.17) is 23.2 Å². The zero-order chi connectivity index (χ0) is 17.5. The Balaban J connectivity index is 1.92. The molecule has 128 valence electrons. The molecule has 1 heterocycles. The van der Waals surface area contributed by atoms with E-state index in [1.807, 2.05) is 0 Å². The highest BCUT2D eigenvalue weighted by Crippen LogP contribution is 2.31. The molecule has 1 aromatic carbocycles. The summed E-state index contributed by atoms with van der Waals surface area (Å²) >= 11 is 13.2. The van der Waals surface area contributed by atoms with Crippen LogP contribution in [0.5, 0.6) is 0 Å². The van der Waals surface area contributed by atoms with Crippen LogP contribution in [-0.2, 0) is 10.0 Å². The summed E-state index contributed by atoms with van der Waals surface area (Å²) in [5.41, 5.74) is -0.00917. The van der Waals surface area contributed by atoms with Gasteiger partial charge >= 0.3 is 0 Å². The SMILES string of the molecule is Cc1nnc(NC(=O)c2cc(S(=O)(=O)NC3CC3)c(Cl)cc2Cl)s1. The highest BCUT2D eigenvalue weighted by atomic mass is 35.5. The molecule has 2 N–H and O–H groups in total. The van der Waals surface area contributed by atoms with Gasteiger partial charge in [0.15, 0.2) is 0 Å². The molecule has 2 aromatic rings. The average Bonchev–Trinajstić information content (AvgIpc) is 3.18. The Morgan fingerprint density at radius 3 is 2.54 bits per heavy atom. The first-order valence-corrected chi connectivity index (χ1v) is 9.94. The summed E-state index contributed by atoms with van der Waals surface area (Å²) in [6, 6.07) is 2.33. The number of rotatable bonds is 5. The number of carbonyl (C=O) groups is 1. The molecule has 0 aliphatic heterocycles. The summed E-state index contributed by atoms with van der Waals surface area (Å²) in [5, 5.41) is 11.1. The molecular formula is C13H12Cl2N4O3S2. The van der Waals surface area contributed by atoms with Crippen LogP contribution in [0.3, 0.4) is 0 Å². The van der Waals surface area contributed by atoms with Crippen molar-refractivity contribution in [1.82, 2.24) is 14.9 Å². The van der Waals surface area contributed by atoms with Crippen LogP contribution >= 0.6 is 34.5 Å². The minimum atomic E-state index is -3.82. The molecule has 1 aromatic heterocycles. The van der Waals surface area contributed by atoms with Crippen molar-refractivity contribution >= 4 is 55.6 Å². The van der Waals surface area contributed by atoms with Crippen molar-refractivity contribution in [2.75, 3.05) is 5.32 Å². The lowest BCUT2D eigenvalue weighted by atomic mass is 10.2. The van der Waals surface area contributed by atoms with Crippen LogP contribution in [0, 0.1) is 6.92 Å². The zero-order valence-corrected chi connectivity index (χ0v) is 15.5. The Kier molecular flexibility index (Phi) is 4.80. The van der Waals surface area contributed by atoms with Gasteiger partial charge in [0.05, 0.1) is 15.6 Å². The maximum absolute atomic E-state index is 12.4. The van der Waals surface area contributed by atoms with E-state index in [9.17, 15) is 13.2 Å². The van der Waals surface area contributed by atoms with Crippen molar-refractivity contribution in [3.8, 4) is 0 Å². The van der Waals surface area contributed by atoms with Crippen LogP contribution in [-0.4, -0.2) is 30.6 Å². The topological polar surface area (TPSA) is 101 Å². The molecule has 0 unspecified atom stereocenters. The van der Waals surface area contributed by atoms with Gasteiger partial charge in [-0.1, -0.05) is 34.5 Å². The van der Waals surface area contributed by atoms with Crippen molar-refractivity contribution in [2.45, 2.75) is 30.7 Å². The number of halogens is 2. The third-order valence-electron chi connectivity index (χ3n) is 3.20. The summed E-state index contributed by atoms with van der Waals surface area (Å²) in [6.45, 7) is 1.75. The first-order chi connectivity index (χ1) is 11.3. The fourth-order valence-corrected chi connectivity index (χ4v) is 4.66. The molecule has 1 aliphatic carbocycles. The number of hydrogen-bond donors (Lipinski definition) is 2. The van der Waals surface area contributed by atoms with Crippen LogP contribution in [0.2, 0.25) is 10.0 Å². The van der Waals surface area contributed by atoms with Crippen molar-refractivity contribution in [1.29, 1.82) is 0 Å². The standard InChI is InChI=1S/C13H12Cl2N4O3S2/c1-6-17-18-13(23-6)16-12(20)8-4-11(10(15)5-9(8)14)24(21,22)19-7-2-3-7/h4-5,7,19H,2-3H2,1H3,(H,16,18,20). The van der Waals surface area contributed by atoms with Crippen molar-refractivity contribution < 1.29 is 13.2 Å². The van der Waals surface area contributed by atoms with Crippen LogP contribution in [0.15, 0.2) is 17.0 Å². The third kappa shape index (κ3) is 3.86. The predicted octanol–water partition coefficient (Wildman–Crippen LogP) is 2.85. The maximum Gasteiger partial charge on any atom is 0.259 e. The van der Waals surface area contributed by atoms with Gasteiger partial charge in [0.25, 0.3) is 5.91 Å². The van der Waals surface area contributed by atoms with Gasteiger partial charge in [-0.05, 0) is 31.9 Å². The van der Waals surface area contributed by atoms with Gasteiger partial charge in [0.2, 0.25) is 15.2 Å². The van der Waals surface area contributed by atoms with E-state index in [0.717, 1.165) is 12.8 Å². The Labute approximate surface area is 152 Å². The number of nitrogens with one attached hydrogen (secondary N) is 2. The molecule has 11 heteroatoms. The Morgan fingerprint density at radius 1 is 1.25 bits per heavy atom. The number of nitrogens with zero attached hydrogens (tertiary/aromatic N) is 2. The van der Waals surface area contributed by atoms with Gasteiger partial charge in [-0.15, -0.1) is 10.2 Å². The zero-order valence-electron chi connectivity index (χ0n) is 12.3. The van der Waals surface area contributed by atoms with E-state index in [1.165, 1.54) is 23.5 Å². The number of aryl methyl sites for hydroxylation is 1. The maximum atomic E-state index is 12.4. The van der Waals surface area contributed by atoms with E-state index in [1.54, 1.807) is 6.92 Å². The van der Waals surface area contributed by atoms with Crippen LogP contribution < -0.4 is 10.0 Å².